The fraction of sp³-hybridized carbons (Fsp3) is 0.545. The maximum atomic E-state index is 10.9. The number of methoxy groups -OCH3 is 1. The molecule has 0 aliphatic carbocycles. The van der Waals surface area contributed by atoms with Crippen molar-refractivity contribution in [3.63, 3.8) is 0 Å². The molecule has 0 radical (unpaired) electrons. The summed E-state index contributed by atoms with van der Waals surface area (Å²) in [6.07, 6.45) is 6.34. The molecule has 0 spiro atoms. The fourth-order valence-corrected chi connectivity index (χ4v) is 5.03. The average Bonchev–Trinajstić information content (AvgIpc) is 3.23. The lowest BCUT2D eigenvalue weighted by Gasteiger charge is -2.30. The summed E-state index contributed by atoms with van der Waals surface area (Å²) in [5.74, 6) is 1.27. The van der Waals surface area contributed by atoms with Gasteiger partial charge in [0, 0.05) is 57.4 Å². The van der Waals surface area contributed by atoms with E-state index >= 15 is 0 Å². The third kappa shape index (κ3) is 6.10. The number of carbonyl (C=O) groups is 2. The number of hydrogen-bond acceptors (Lipinski definition) is 8. The molecule has 174 valence electrons. The second kappa shape index (κ2) is 11.5. The number of hydrogen-bond donors (Lipinski definition) is 1. The topological polar surface area (TPSA) is 87.7 Å². The van der Waals surface area contributed by atoms with Gasteiger partial charge in [-0.2, -0.15) is 0 Å². The molecular formula is C22H30ClN5O3S. The molecule has 0 bridgehead atoms. The van der Waals surface area contributed by atoms with Crippen molar-refractivity contribution in [2.45, 2.75) is 39.2 Å². The third-order valence-electron chi connectivity index (χ3n) is 5.81. The highest BCUT2D eigenvalue weighted by Gasteiger charge is 2.22. The average molecular weight is 480 g/mol. The molecule has 4 heterocycles. The molecule has 0 aromatic carbocycles. The molecule has 8 nitrogen and oxygen atoms in total. The van der Waals surface area contributed by atoms with Crippen LogP contribution < -0.4 is 15.0 Å². The molecule has 0 saturated carbocycles. The van der Waals surface area contributed by atoms with E-state index in [1.54, 1.807) is 31.6 Å². The Morgan fingerprint density at radius 1 is 1.38 bits per heavy atom. The van der Waals surface area contributed by atoms with E-state index < -0.39 is 0 Å². The molecule has 2 aliphatic heterocycles. The molecule has 10 heteroatoms. The lowest BCUT2D eigenvalue weighted by atomic mass is 9.94. The Morgan fingerprint density at radius 2 is 2.12 bits per heavy atom. The molecule has 0 unspecified atom stereocenters. The quantitative estimate of drug-likeness (QED) is 0.517. The molecule has 2 aromatic heterocycles. The zero-order chi connectivity index (χ0) is 23.1. The summed E-state index contributed by atoms with van der Waals surface area (Å²) in [7, 11) is 3.50. The number of anilines is 2. The van der Waals surface area contributed by atoms with Crippen LogP contribution in [0.1, 0.15) is 36.8 Å². The van der Waals surface area contributed by atoms with Gasteiger partial charge in [-0.3, -0.25) is 4.79 Å². The van der Waals surface area contributed by atoms with Crippen LogP contribution in [0, 0.1) is 5.92 Å². The Labute approximate surface area is 197 Å². The number of rotatable bonds is 5. The number of fused-ring (bicyclic) bond motifs is 1. The largest absolute Gasteiger partial charge is 0.493 e. The highest BCUT2D eigenvalue weighted by molar-refractivity contribution is 7.15. The first kappa shape index (κ1) is 24.3. The summed E-state index contributed by atoms with van der Waals surface area (Å²) in [5, 5.41) is 4.47. The number of pyridine rings is 1. The molecule has 1 amide bonds. The van der Waals surface area contributed by atoms with Crippen LogP contribution in [-0.4, -0.2) is 60.9 Å². The van der Waals surface area contributed by atoms with E-state index in [0.29, 0.717) is 23.2 Å². The molecule has 1 N–H and O–H groups in total. The number of carbonyl (C=O) groups excluding carboxylic acids is 2. The van der Waals surface area contributed by atoms with E-state index in [-0.39, 0.29) is 5.91 Å². The van der Waals surface area contributed by atoms with Crippen molar-refractivity contribution < 1.29 is 14.3 Å². The van der Waals surface area contributed by atoms with Gasteiger partial charge >= 0.3 is 0 Å². The van der Waals surface area contributed by atoms with E-state index in [1.165, 1.54) is 10.6 Å². The van der Waals surface area contributed by atoms with Gasteiger partial charge in [-0.1, -0.05) is 22.9 Å². The van der Waals surface area contributed by atoms with Crippen molar-refractivity contribution in [3.8, 4) is 5.75 Å². The van der Waals surface area contributed by atoms with Gasteiger partial charge in [-0.05, 0) is 18.8 Å². The number of nitrogens with zero attached hydrogens (tertiary/aromatic N) is 4. The molecule has 0 atom stereocenters. The molecule has 1 fully saturated rings. The van der Waals surface area contributed by atoms with Gasteiger partial charge in [0.1, 0.15) is 6.29 Å². The van der Waals surface area contributed by atoms with E-state index in [1.807, 2.05) is 18.0 Å². The Hall–Kier alpha value is -2.39. The Bertz CT molecular complexity index is 930. The Kier molecular flexibility index (Phi) is 8.69. The van der Waals surface area contributed by atoms with Crippen molar-refractivity contribution >= 4 is 46.0 Å². The number of halogens is 1. The minimum Gasteiger partial charge on any atom is -0.493 e. The van der Waals surface area contributed by atoms with Crippen LogP contribution in [0.3, 0.4) is 0 Å². The summed E-state index contributed by atoms with van der Waals surface area (Å²) >= 11 is 7.67. The predicted molar refractivity (Wildman–Crippen MR) is 128 cm³/mol. The van der Waals surface area contributed by atoms with Crippen LogP contribution >= 0.6 is 22.9 Å². The smallest absolute Gasteiger partial charge is 0.219 e. The van der Waals surface area contributed by atoms with E-state index in [0.717, 1.165) is 62.5 Å². The second-order valence-corrected chi connectivity index (χ2v) is 9.29. The molecule has 1 saturated heterocycles. The summed E-state index contributed by atoms with van der Waals surface area (Å²) in [6, 6.07) is 1.93. The highest BCUT2D eigenvalue weighted by atomic mass is 35.5. The predicted octanol–water partition coefficient (Wildman–Crippen LogP) is 3.64. The fourth-order valence-electron chi connectivity index (χ4n) is 3.88. The third-order valence-corrected chi connectivity index (χ3v) is 7.20. The van der Waals surface area contributed by atoms with Crippen LogP contribution in [0.25, 0.3) is 0 Å². The first-order valence-corrected chi connectivity index (χ1v) is 11.9. The SMILES string of the molecule is CC(=O)N1CCC(CC=O)CC1.CNc1nc2c(s1)CN(c1cnc(Cl)c(OC)c1)CC2. The van der Waals surface area contributed by atoms with Gasteiger partial charge in [-0.25, -0.2) is 9.97 Å². The first-order chi connectivity index (χ1) is 15.4. The lowest BCUT2D eigenvalue weighted by Crippen LogP contribution is -2.37. The summed E-state index contributed by atoms with van der Waals surface area (Å²) in [4.78, 5) is 35.3. The van der Waals surface area contributed by atoms with Gasteiger partial charge in [0.2, 0.25) is 5.91 Å². The van der Waals surface area contributed by atoms with Crippen molar-refractivity contribution in [1.82, 2.24) is 14.9 Å². The van der Waals surface area contributed by atoms with Gasteiger partial charge in [-0.15, -0.1) is 0 Å². The van der Waals surface area contributed by atoms with Crippen molar-refractivity contribution in [2.24, 2.45) is 5.92 Å². The zero-order valence-electron chi connectivity index (χ0n) is 18.8. The molecular weight excluding hydrogens is 450 g/mol. The number of amides is 1. The number of aldehydes is 1. The minimum absolute atomic E-state index is 0.152. The Morgan fingerprint density at radius 3 is 2.75 bits per heavy atom. The summed E-state index contributed by atoms with van der Waals surface area (Å²) in [5.41, 5.74) is 2.22. The van der Waals surface area contributed by atoms with E-state index in [9.17, 15) is 9.59 Å². The van der Waals surface area contributed by atoms with Gasteiger partial charge in [0.15, 0.2) is 16.0 Å². The van der Waals surface area contributed by atoms with Crippen molar-refractivity contribution in [3.05, 3.63) is 28.0 Å². The normalized spacial score (nSPS) is 16.0. The Balaban J connectivity index is 0.000000207. The highest BCUT2D eigenvalue weighted by Crippen LogP contribution is 2.33. The summed E-state index contributed by atoms with van der Waals surface area (Å²) in [6.45, 7) is 5.02. The maximum Gasteiger partial charge on any atom is 0.219 e. The minimum atomic E-state index is 0.152. The number of piperidine rings is 1. The van der Waals surface area contributed by atoms with Crippen LogP contribution in [0.15, 0.2) is 12.3 Å². The van der Waals surface area contributed by atoms with Gasteiger partial charge in [0.05, 0.1) is 31.2 Å². The molecule has 2 aromatic rings. The van der Waals surface area contributed by atoms with Crippen LogP contribution in [0.5, 0.6) is 5.75 Å². The number of thiazole rings is 1. The van der Waals surface area contributed by atoms with Crippen molar-refractivity contribution in [2.75, 3.05) is 44.0 Å². The number of nitrogens with one attached hydrogen (secondary N) is 1. The monoisotopic (exact) mass is 479 g/mol. The lowest BCUT2D eigenvalue weighted by molar-refractivity contribution is -0.130. The van der Waals surface area contributed by atoms with Gasteiger partial charge < -0.3 is 24.6 Å². The summed E-state index contributed by atoms with van der Waals surface area (Å²) < 4.78 is 5.23. The number of aromatic nitrogens is 2. The van der Waals surface area contributed by atoms with Crippen LogP contribution in [0.2, 0.25) is 5.15 Å². The van der Waals surface area contributed by atoms with Crippen LogP contribution in [-0.2, 0) is 22.6 Å². The molecule has 2 aliphatic rings. The second-order valence-electron chi connectivity index (χ2n) is 7.85. The first-order valence-electron chi connectivity index (χ1n) is 10.7. The van der Waals surface area contributed by atoms with E-state index in [4.69, 9.17) is 16.3 Å². The maximum absolute atomic E-state index is 10.9. The van der Waals surface area contributed by atoms with E-state index in [2.05, 4.69) is 20.2 Å². The zero-order valence-corrected chi connectivity index (χ0v) is 20.3. The van der Waals surface area contributed by atoms with Crippen molar-refractivity contribution in [1.29, 1.82) is 0 Å². The number of likely N-dealkylation sites (tertiary alicyclic amines) is 1. The van der Waals surface area contributed by atoms with Gasteiger partial charge in [0.25, 0.3) is 0 Å². The van der Waals surface area contributed by atoms with Crippen LogP contribution in [0.4, 0.5) is 10.8 Å². The standard InChI is InChI=1S/C13H15ClN4OS.C9H15NO2/c1-15-13-17-9-3-4-18(7-11(9)20-13)8-5-10(19-2)12(14)16-6-8;1-8(12)10-5-2-9(3-6-10)4-7-11/h5-6H,3-4,7H2,1-2H3,(H,15,17);7,9H,2-6H2,1H3. The molecule has 4 rings (SSSR count). The molecule has 32 heavy (non-hydrogen) atoms. The number of ether oxygens (including phenoxy) is 1.